The van der Waals surface area contributed by atoms with Crippen molar-refractivity contribution in [1.29, 1.82) is 0 Å². The molecule has 2 aromatic carbocycles. The van der Waals surface area contributed by atoms with Gasteiger partial charge in [-0.1, -0.05) is 47.6 Å². The first kappa shape index (κ1) is 25.9. The first-order chi connectivity index (χ1) is 16.7. The van der Waals surface area contributed by atoms with E-state index in [9.17, 15) is 19.7 Å². The van der Waals surface area contributed by atoms with Crippen LogP contribution in [0.4, 0.5) is 11.4 Å². The van der Waals surface area contributed by atoms with Crippen molar-refractivity contribution in [2.24, 2.45) is 0 Å². The predicted molar refractivity (Wildman–Crippen MR) is 135 cm³/mol. The molecule has 1 heterocycles. The van der Waals surface area contributed by atoms with Gasteiger partial charge in [0, 0.05) is 18.7 Å². The van der Waals surface area contributed by atoms with Crippen LogP contribution in [0.5, 0.6) is 0 Å². The summed E-state index contributed by atoms with van der Waals surface area (Å²) in [7, 11) is 0. The lowest BCUT2D eigenvalue weighted by molar-refractivity contribution is -0.384. The second-order valence-electron chi connectivity index (χ2n) is 7.51. The standard InChI is InChI=1S/C23H23ClN6O4S/c1-4-11-29-21(15(3)25-22(32)17-7-5-6-8-18(17)24)27-28-23(29)35-13-20(31)26-19-12-16(30(33)34)10-9-14(19)2/h4-10,12,15H,1,11,13H2,2-3H3,(H,25,32)(H,26,31). The topological polar surface area (TPSA) is 132 Å². The lowest BCUT2D eigenvalue weighted by Gasteiger charge is -2.15. The molecule has 2 N–H and O–H groups in total. The molecule has 182 valence electrons. The number of benzene rings is 2. The highest BCUT2D eigenvalue weighted by Crippen LogP contribution is 2.24. The summed E-state index contributed by atoms with van der Waals surface area (Å²) >= 11 is 7.26. The fourth-order valence-electron chi connectivity index (χ4n) is 3.19. The van der Waals surface area contributed by atoms with Crippen molar-refractivity contribution in [3.05, 3.63) is 87.2 Å². The minimum Gasteiger partial charge on any atom is -0.342 e. The Kier molecular flexibility index (Phi) is 8.61. The molecule has 0 aliphatic heterocycles. The number of nitro benzene ring substituents is 1. The molecule has 0 aliphatic rings. The molecule has 3 rings (SSSR count). The molecule has 3 aromatic rings. The number of aryl methyl sites for hydroxylation is 1. The monoisotopic (exact) mass is 514 g/mol. The predicted octanol–water partition coefficient (Wildman–Crippen LogP) is 4.56. The number of hydrogen-bond acceptors (Lipinski definition) is 7. The van der Waals surface area contributed by atoms with Crippen LogP contribution in [0.3, 0.4) is 0 Å². The third-order valence-electron chi connectivity index (χ3n) is 4.95. The summed E-state index contributed by atoms with van der Waals surface area (Å²) < 4.78 is 1.75. The van der Waals surface area contributed by atoms with Crippen molar-refractivity contribution in [3.8, 4) is 0 Å². The van der Waals surface area contributed by atoms with Crippen molar-refractivity contribution in [3.63, 3.8) is 0 Å². The van der Waals surface area contributed by atoms with Crippen LogP contribution in [0.2, 0.25) is 5.02 Å². The molecule has 0 bridgehead atoms. The molecule has 1 aromatic heterocycles. The number of amides is 2. The average molecular weight is 515 g/mol. The molecule has 0 saturated carbocycles. The zero-order valence-electron chi connectivity index (χ0n) is 19.0. The molecule has 0 saturated heterocycles. The van der Waals surface area contributed by atoms with Gasteiger partial charge in [-0.3, -0.25) is 19.7 Å². The Morgan fingerprint density at radius 3 is 2.71 bits per heavy atom. The fraction of sp³-hybridized carbons (Fsp3) is 0.217. The first-order valence-corrected chi connectivity index (χ1v) is 11.8. The second-order valence-corrected chi connectivity index (χ2v) is 8.86. The van der Waals surface area contributed by atoms with Crippen LogP contribution in [-0.4, -0.2) is 37.3 Å². The summed E-state index contributed by atoms with van der Waals surface area (Å²) in [6.45, 7) is 7.64. The van der Waals surface area contributed by atoms with E-state index in [1.54, 1.807) is 54.8 Å². The molecule has 12 heteroatoms. The van der Waals surface area contributed by atoms with E-state index < -0.39 is 11.0 Å². The summed E-state index contributed by atoms with van der Waals surface area (Å²) in [6.07, 6.45) is 1.66. The van der Waals surface area contributed by atoms with Crippen molar-refractivity contribution >= 4 is 46.6 Å². The van der Waals surface area contributed by atoms with Gasteiger partial charge in [0.2, 0.25) is 5.91 Å². The van der Waals surface area contributed by atoms with Gasteiger partial charge < -0.3 is 15.2 Å². The number of carbonyl (C=O) groups excluding carboxylic acids is 2. The van der Waals surface area contributed by atoms with Gasteiger partial charge in [-0.2, -0.15) is 0 Å². The van der Waals surface area contributed by atoms with Gasteiger partial charge in [0.05, 0.1) is 33.0 Å². The molecule has 0 fully saturated rings. The molecular weight excluding hydrogens is 492 g/mol. The average Bonchev–Trinajstić information content (AvgIpc) is 3.22. The number of nitrogens with one attached hydrogen (secondary N) is 2. The van der Waals surface area contributed by atoms with E-state index in [0.717, 1.165) is 11.8 Å². The van der Waals surface area contributed by atoms with Crippen molar-refractivity contribution < 1.29 is 14.5 Å². The maximum absolute atomic E-state index is 12.6. The number of thioether (sulfide) groups is 1. The van der Waals surface area contributed by atoms with E-state index in [4.69, 9.17) is 11.6 Å². The van der Waals surface area contributed by atoms with Gasteiger partial charge >= 0.3 is 0 Å². The highest BCUT2D eigenvalue weighted by Gasteiger charge is 2.21. The number of non-ortho nitro benzene ring substituents is 1. The van der Waals surface area contributed by atoms with E-state index >= 15 is 0 Å². The summed E-state index contributed by atoms with van der Waals surface area (Å²) in [6, 6.07) is 10.5. The molecular formula is C23H23ClN6O4S. The molecule has 2 amide bonds. The SMILES string of the molecule is C=CCn1c(SCC(=O)Nc2cc([N+](=O)[O-])ccc2C)nnc1C(C)NC(=O)c1ccccc1Cl. The Bertz CT molecular complexity index is 1280. The normalized spacial score (nSPS) is 11.5. The molecule has 35 heavy (non-hydrogen) atoms. The Balaban J connectivity index is 1.69. The minimum absolute atomic E-state index is 0.00221. The zero-order chi connectivity index (χ0) is 25.5. The summed E-state index contributed by atoms with van der Waals surface area (Å²) in [5, 5.41) is 25.7. The largest absolute Gasteiger partial charge is 0.342 e. The molecule has 0 spiro atoms. The Hall–Kier alpha value is -3.70. The number of nitro groups is 1. The van der Waals surface area contributed by atoms with E-state index in [1.807, 2.05) is 0 Å². The van der Waals surface area contributed by atoms with Gasteiger partial charge in [-0.05, 0) is 31.5 Å². The summed E-state index contributed by atoms with van der Waals surface area (Å²) in [4.78, 5) is 35.6. The number of halogens is 1. The summed E-state index contributed by atoms with van der Waals surface area (Å²) in [5.74, 6) is -0.217. The number of allylic oxidation sites excluding steroid dienone is 1. The van der Waals surface area contributed by atoms with Gasteiger partial charge in [0.1, 0.15) is 0 Å². The maximum Gasteiger partial charge on any atom is 0.271 e. The van der Waals surface area contributed by atoms with Crippen LogP contribution in [-0.2, 0) is 11.3 Å². The third-order valence-corrected chi connectivity index (χ3v) is 6.25. The Morgan fingerprint density at radius 2 is 2.03 bits per heavy atom. The van der Waals surface area contributed by atoms with E-state index in [-0.39, 0.29) is 23.3 Å². The summed E-state index contributed by atoms with van der Waals surface area (Å²) in [5.41, 5.74) is 1.31. The number of anilines is 1. The van der Waals surface area contributed by atoms with Crippen molar-refractivity contribution in [2.75, 3.05) is 11.1 Å². The van der Waals surface area contributed by atoms with Gasteiger partial charge in [0.15, 0.2) is 11.0 Å². The lowest BCUT2D eigenvalue weighted by Crippen LogP contribution is -2.29. The minimum atomic E-state index is -0.519. The Labute approximate surface area is 210 Å². The number of aromatic nitrogens is 3. The highest BCUT2D eigenvalue weighted by atomic mass is 35.5. The fourth-order valence-corrected chi connectivity index (χ4v) is 4.16. The van der Waals surface area contributed by atoms with Crippen LogP contribution < -0.4 is 10.6 Å². The van der Waals surface area contributed by atoms with Crippen LogP contribution in [0.1, 0.15) is 34.7 Å². The van der Waals surface area contributed by atoms with Crippen LogP contribution in [0.15, 0.2) is 60.3 Å². The van der Waals surface area contributed by atoms with Crippen molar-refractivity contribution in [1.82, 2.24) is 20.1 Å². The van der Waals surface area contributed by atoms with Crippen LogP contribution in [0.25, 0.3) is 0 Å². The molecule has 10 nitrogen and oxygen atoms in total. The van der Waals surface area contributed by atoms with E-state index in [1.165, 1.54) is 12.1 Å². The molecule has 0 radical (unpaired) electrons. The van der Waals surface area contributed by atoms with Gasteiger partial charge in [0.25, 0.3) is 11.6 Å². The third kappa shape index (κ3) is 6.46. The molecule has 0 aliphatic carbocycles. The number of carbonyl (C=O) groups is 2. The number of rotatable bonds is 10. The van der Waals surface area contributed by atoms with Crippen molar-refractivity contribution in [2.45, 2.75) is 31.6 Å². The highest BCUT2D eigenvalue weighted by molar-refractivity contribution is 7.99. The van der Waals surface area contributed by atoms with Crippen LogP contribution >= 0.6 is 23.4 Å². The zero-order valence-corrected chi connectivity index (χ0v) is 20.6. The van der Waals surface area contributed by atoms with Crippen LogP contribution in [0, 0.1) is 17.0 Å². The van der Waals surface area contributed by atoms with E-state index in [0.29, 0.717) is 39.4 Å². The van der Waals surface area contributed by atoms with E-state index in [2.05, 4.69) is 27.4 Å². The molecule has 1 atom stereocenters. The quantitative estimate of drug-likeness (QED) is 0.175. The Morgan fingerprint density at radius 1 is 1.29 bits per heavy atom. The smallest absolute Gasteiger partial charge is 0.271 e. The number of hydrogen-bond donors (Lipinski definition) is 2. The first-order valence-electron chi connectivity index (χ1n) is 10.5. The molecule has 1 unspecified atom stereocenters. The maximum atomic E-state index is 12.6. The van der Waals surface area contributed by atoms with Gasteiger partial charge in [-0.25, -0.2) is 0 Å². The number of nitrogens with zero attached hydrogens (tertiary/aromatic N) is 4. The van der Waals surface area contributed by atoms with Gasteiger partial charge in [-0.15, -0.1) is 16.8 Å². The lowest BCUT2D eigenvalue weighted by atomic mass is 10.2. The second kappa shape index (κ2) is 11.6.